The summed E-state index contributed by atoms with van der Waals surface area (Å²) in [6.45, 7) is 7.34. The number of anilines is 2. The van der Waals surface area contributed by atoms with E-state index in [2.05, 4.69) is 15.3 Å². The van der Waals surface area contributed by atoms with Crippen LogP contribution < -0.4 is 9.62 Å². The van der Waals surface area contributed by atoms with Crippen molar-refractivity contribution in [2.75, 3.05) is 16.7 Å². The van der Waals surface area contributed by atoms with E-state index >= 15 is 0 Å². The number of fused-ring (bicyclic) bond motifs is 1. The number of amides is 1. The molecule has 2 N–H and O–H groups in total. The number of ether oxygens (including phenoxy) is 1. The number of thiazole rings is 1. The number of H-pyrrole nitrogens is 1. The molecule has 8 nitrogen and oxygen atoms in total. The summed E-state index contributed by atoms with van der Waals surface area (Å²) in [7, 11) is -2.13. The first-order valence-corrected chi connectivity index (χ1v) is 13.3. The Labute approximate surface area is 200 Å². The highest BCUT2D eigenvalue weighted by molar-refractivity contribution is 7.94. The highest BCUT2D eigenvalue weighted by atomic mass is 32.2. The third-order valence-electron chi connectivity index (χ3n) is 4.80. The van der Waals surface area contributed by atoms with Gasteiger partial charge in [-0.2, -0.15) is 0 Å². The number of aromatic nitrogens is 2. The fraction of sp³-hybridized carbons (Fsp3) is 0.273. The number of carbonyl (C=O) groups is 1. The van der Waals surface area contributed by atoms with Crippen molar-refractivity contribution in [3.63, 3.8) is 0 Å². The Morgan fingerprint density at radius 2 is 1.97 bits per heavy atom. The van der Waals surface area contributed by atoms with Crippen LogP contribution in [0.1, 0.15) is 26.3 Å². The van der Waals surface area contributed by atoms with Crippen LogP contribution >= 0.6 is 22.7 Å². The van der Waals surface area contributed by atoms with Crippen LogP contribution in [0.4, 0.5) is 16.3 Å². The number of thiophene rings is 1. The zero-order chi connectivity index (χ0) is 24.0. The van der Waals surface area contributed by atoms with Gasteiger partial charge in [-0.3, -0.25) is 9.62 Å². The molecule has 0 radical (unpaired) electrons. The van der Waals surface area contributed by atoms with Gasteiger partial charge in [0, 0.05) is 17.8 Å². The smallest absolute Gasteiger partial charge is 0.413 e. The number of benzene rings is 1. The third-order valence-corrected chi connectivity index (χ3v) is 8.82. The van der Waals surface area contributed by atoms with E-state index in [0.717, 1.165) is 16.6 Å². The second-order valence-corrected chi connectivity index (χ2v) is 12.4. The summed E-state index contributed by atoms with van der Waals surface area (Å²) in [6, 6.07) is 8.94. The molecule has 0 unspecified atom stereocenters. The standard InChI is InChI=1S/C22H24N4O4S3/c1-13-8-9-16(26(5)33(28,29)18-7-6-10-31-18)19-14(13)11-15(23-19)20-24-17(12-32-20)25-21(27)30-22(2,3)4/h6-12,23H,1-5H3,(H,25,27). The number of aromatic amines is 1. The van der Waals surface area contributed by atoms with Crippen molar-refractivity contribution in [1.82, 2.24) is 9.97 Å². The van der Waals surface area contributed by atoms with Gasteiger partial charge in [-0.1, -0.05) is 12.1 Å². The van der Waals surface area contributed by atoms with Crippen molar-refractivity contribution in [1.29, 1.82) is 0 Å². The number of hydrogen-bond donors (Lipinski definition) is 2. The molecule has 0 aliphatic carbocycles. The first-order valence-electron chi connectivity index (χ1n) is 10.1. The summed E-state index contributed by atoms with van der Waals surface area (Å²) in [6.07, 6.45) is -0.575. The normalized spacial score (nSPS) is 12.2. The quantitative estimate of drug-likeness (QED) is 0.356. The average Bonchev–Trinajstić information content (AvgIpc) is 3.46. The number of carbonyl (C=O) groups excluding carboxylic acids is 1. The largest absolute Gasteiger partial charge is 0.444 e. The first-order chi connectivity index (χ1) is 15.5. The molecular formula is C22H24N4O4S3. The number of rotatable bonds is 5. The van der Waals surface area contributed by atoms with Crippen molar-refractivity contribution in [2.24, 2.45) is 0 Å². The molecule has 0 spiro atoms. The Kier molecular flexibility index (Phi) is 5.97. The average molecular weight is 505 g/mol. The van der Waals surface area contributed by atoms with Crippen LogP contribution in [-0.2, 0) is 14.8 Å². The van der Waals surface area contributed by atoms with Crippen molar-refractivity contribution in [3.05, 3.63) is 46.7 Å². The number of nitrogens with one attached hydrogen (secondary N) is 2. The summed E-state index contributed by atoms with van der Waals surface area (Å²) in [5.41, 5.74) is 2.36. The van der Waals surface area contributed by atoms with Crippen LogP contribution in [0.25, 0.3) is 21.6 Å². The van der Waals surface area contributed by atoms with Gasteiger partial charge in [0.1, 0.15) is 20.6 Å². The van der Waals surface area contributed by atoms with Gasteiger partial charge in [0.15, 0.2) is 0 Å². The fourth-order valence-corrected chi connectivity index (χ4v) is 6.35. The molecule has 1 amide bonds. The molecule has 0 fully saturated rings. The molecule has 0 bridgehead atoms. The maximum atomic E-state index is 13.1. The van der Waals surface area contributed by atoms with Crippen LogP contribution in [0, 0.1) is 6.92 Å². The van der Waals surface area contributed by atoms with Gasteiger partial charge >= 0.3 is 6.09 Å². The monoisotopic (exact) mass is 504 g/mol. The molecule has 1 aromatic carbocycles. The summed E-state index contributed by atoms with van der Waals surface area (Å²) in [4.78, 5) is 19.8. The van der Waals surface area contributed by atoms with E-state index in [-0.39, 0.29) is 4.21 Å². The Bertz CT molecular complexity index is 1410. The molecule has 0 aliphatic heterocycles. The Balaban J connectivity index is 1.68. The van der Waals surface area contributed by atoms with Gasteiger partial charge in [-0.05, 0) is 56.8 Å². The second-order valence-electron chi connectivity index (χ2n) is 8.44. The number of sulfonamides is 1. The summed E-state index contributed by atoms with van der Waals surface area (Å²) in [5, 5.41) is 7.66. The third kappa shape index (κ3) is 4.75. The van der Waals surface area contributed by atoms with Gasteiger partial charge < -0.3 is 9.72 Å². The minimum absolute atomic E-state index is 0.281. The molecule has 174 valence electrons. The van der Waals surface area contributed by atoms with E-state index in [1.54, 1.807) is 56.8 Å². The molecule has 3 aromatic heterocycles. The molecule has 4 rings (SSSR count). The van der Waals surface area contributed by atoms with Crippen LogP contribution in [0.5, 0.6) is 0 Å². The maximum absolute atomic E-state index is 13.1. The molecule has 4 aromatic rings. The molecule has 33 heavy (non-hydrogen) atoms. The lowest BCUT2D eigenvalue weighted by Crippen LogP contribution is -2.27. The van der Waals surface area contributed by atoms with Crippen LogP contribution in [-0.4, -0.2) is 37.1 Å². The van der Waals surface area contributed by atoms with E-state index in [1.807, 2.05) is 19.1 Å². The van der Waals surface area contributed by atoms with Crippen LogP contribution in [0.15, 0.2) is 45.3 Å². The van der Waals surface area contributed by atoms with Crippen molar-refractivity contribution < 1.29 is 17.9 Å². The predicted octanol–water partition coefficient (Wildman–Crippen LogP) is 5.83. The minimum atomic E-state index is -3.68. The highest BCUT2D eigenvalue weighted by Gasteiger charge is 2.25. The summed E-state index contributed by atoms with van der Waals surface area (Å²) < 4.78 is 33.0. The van der Waals surface area contributed by atoms with Crippen LogP contribution in [0.2, 0.25) is 0 Å². The maximum Gasteiger partial charge on any atom is 0.413 e. The molecule has 11 heteroatoms. The predicted molar refractivity (Wildman–Crippen MR) is 134 cm³/mol. The molecule has 0 saturated carbocycles. The van der Waals surface area contributed by atoms with E-state index < -0.39 is 21.7 Å². The van der Waals surface area contributed by atoms with Gasteiger partial charge in [-0.25, -0.2) is 18.2 Å². The Morgan fingerprint density at radius 1 is 1.21 bits per heavy atom. The summed E-state index contributed by atoms with van der Waals surface area (Å²) in [5.74, 6) is 0.386. The lowest BCUT2D eigenvalue weighted by Gasteiger charge is -2.19. The molecule has 0 saturated heterocycles. The Hall–Kier alpha value is -2.89. The van der Waals surface area contributed by atoms with Gasteiger partial charge in [0.05, 0.1) is 16.9 Å². The van der Waals surface area contributed by atoms with Crippen molar-refractivity contribution >= 4 is 61.2 Å². The molecular weight excluding hydrogens is 480 g/mol. The van der Waals surface area contributed by atoms with Gasteiger partial charge in [-0.15, -0.1) is 22.7 Å². The van der Waals surface area contributed by atoms with Crippen molar-refractivity contribution in [2.45, 2.75) is 37.5 Å². The molecule has 0 aliphatic rings. The molecule has 3 heterocycles. The zero-order valence-corrected chi connectivity index (χ0v) is 21.2. The second kappa shape index (κ2) is 8.47. The number of hydrogen-bond acceptors (Lipinski definition) is 7. The number of nitrogens with zero attached hydrogens (tertiary/aromatic N) is 2. The van der Waals surface area contributed by atoms with E-state index in [1.165, 1.54) is 27.0 Å². The highest BCUT2D eigenvalue weighted by Crippen LogP contribution is 2.36. The van der Waals surface area contributed by atoms with Crippen molar-refractivity contribution in [3.8, 4) is 10.7 Å². The number of aryl methyl sites for hydroxylation is 1. The zero-order valence-electron chi connectivity index (χ0n) is 18.8. The topological polar surface area (TPSA) is 104 Å². The lowest BCUT2D eigenvalue weighted by atomic mass is 10.1. The minimum Gasteiger partial charge on any atom is -0.444 e. The first kappa shape index (κ1) is 23.3. The van der Waals surface area contributed by atoms with Gasteiger partial charge in [0.2, 0.25) is 0 Å². The van der Waals surface area contributed by atoms with Crippen LogP contribution in [0.3, 0.4) is 0 Å². The fourth-order valence-electron chi connectivity index (χ4n) is 3.26. The van der Waals surface area contributed by atoms with E-state index in [0.29, 0.717) is 22.0 Å². The van der Waals surface area contributed by atoms with Gasteiger partial charge in [0.25, 0.3) is 10.0 Å². The van der Waals surface area contributed by atoms with E-state index in [4.69, 9.17) is 4.74 Å². The SMILES string of the molecule is Cc1ccc(N(C)S(=O)(=O)c2cccs2)c2[nH]c(-c3nc(NC(=O)OC(C)(C)C)cs3)cc12. The Morgan fingerprint density at radius 3 is 2.64 bits per heavy atom. The molecule has 0 atom stereocenters. The van der Waals surface area contributed by atoms with E-state index in [9.17, 15) is 13.2 Å². The lowest BCUT2D eigenvalue weighted by molar-refractivity contribution is 0.0635. The summed E-state index contributed by atoms with van der Waals surface area (Å²) >= 11 is 2.54.